The van der Waals surface area contributed by atoms with Crippen LogP contribution < -0.4 is 33.7 Å². The topological polar surface area (TPSA) is 317 Å². The second-order valence-corrected chi connectivity index (χ2v) is 39.7. The number of likely N-dealkylation sites (tertiary alicyclic amines) is 2. The van der Waals surface area contributed by atoms with Crippen LogP contribution in [0.15, 0.2) is 86.5 Å². The van der Waals surface area contributed by atoms with Crippen molar-refractivity contribution in [3.63, 3.8) is 0 Å². The summed E-state index contributed by atoms with van der Waals surface area (Å²) in [5, 5.41) is 3.47. The van der Waals surface area contributed by atoms with E-state index in [1.807, 2.05) is 101 Å². The second kappa shape index (κ2) is 45.6. The number of esters is 5. The number of nitrogens with zero attached hydrogens (tertiary/aromatic N) is 8. The molecule has 6 heterocycles. The highest BCUT2D eigenvalue weighted by molar-refractivity contribution is 6.31. The molecule has 2 amide bonds. The minimum absolute atomic E-state index is 0. The first-order valence-electron chi connectivity index (χ1n) is 45.0. The van der Waals surface area contributed by atoms with Gasteiger partial charge in [-0.25, -0.2) is 39.5 Å². The van der Waals surface area contributed by atoms with E-state index >= 15 is 0 Å². The fourth-order valence-corrected chi connectivity index (χ4v) is 18.1. The van der Waals surface area contributed by atoms with Gasteiger partial charge in [-0.15, -0.1) is 25.6 Å². The number of nitrogens with one attached hydrogen (secondary N) is 1. The number of fused-ring (bicyclic) bond motifs is 3. The number of benzene rings is 3. The van der Waals surface area contributed by atoms with Crippen LogP contribution in [0.1, 0.15) is 239 Å². The van der Waals surface area contributed by atoms with Gasteiger partial charge in [-0.3, -0.25) is 24.0 Å². The molecule has 128 heavy (non-hydrogen) atoms. The molecule has 0 spiro atoms. The highest BCUT2D eigenvalue weighted by atomic mass is 35.5. The van der Waals surface area contributed by atoms with Gasteiger partial charge in [0, 0.05) is 42.5 Å². The van der Waals surface area contributed by atoms with E-state index in [-0.39, 0.29) is 114 Å². The molecule has 2 aliphatic carbocycles. The Balaban J connectivity index is 0.000000246. The number of amides is 2. The number of methoxy groups -OCH3 is 3. The Labute approximate surface area is 772 Å². The normalized spacial score (nSPS) is 22.8. The Morgan fingerprint density at radius 2 is 0.828 bits per heavy atom. The Kier molecular flexibility index (Phi) is 37.1. The summed E-state index contributed by atoms with van der Waals surface area (Å²) in [7, 11) is 4.74. The Bertz CT molecular complexity index is 4850. The first-order valence-corrected chi connectivity index (χ1v) is 45.8. The summed E-state index contributed by atoms with van der Waals surface area (Å²) < 4.78 is 64.5. The number of unbranched alkanes of at least 4 members (excludes halogenated alkanes) is 2. The minimum atomic E-state index is -0.945. The number of hydrogen-bond donors (Lipinski definition) is 1. The third-order valence-corrected chi connectivity index (χ3v) is 24.7. The molecular formula is C98H138Cl3N9O18. The average molecular weight is 1840 g/mol. The maximum Gasteiger partial charge on any atom is 0.329 e. The number of hydrogen-bond acceptors (Lipinski definition) is 25. The summed E-state index contributed by atoms with van der Waals surface area (Å²) in [6, 6.07) is 13.7. The molecule has 3 aliphatic heterocycles. The zero-order chi connectivity index (χ0) is 93.4. The molecule has 3 saturated heterocycles. The van der Waals surface area contributed by atoms with Crippen molar-refractivity contribution in [2.24, 2.45) is 52.3 Å². The molecule has 2 saturated carbocycles. The molecule has 11 rings (SSSR count). The molecule has 5 aliphatic rings. The van der Waals surface area contributed by atoms with Gasteiger partial charge >= 0.3 is 29.8 Å². The number of carbonyl (C=O) groups excluding carboxylic acids is 7. The van der Waals surface area contributed by atoms with E-state index in [0.717, 1.165) is 83.5 Å². The van der Waals surface area contributed by atoms with Crippen molar-refractivity contribution < 1.29 is 85.7 Å². The predicted molar refractivity (Wildman–Crippen MR) is 498 cm³/mol. The molecule has 6 aromatic rings. The van der Waals surface area contributed by atoms with Crippen molar-refractivity contribution in [2.75, 3.05) is 41.0 Å². The largest absolute Gasteiger partial charge is 0.497 e. The number of carbonyl (C=O) groups is 7. The van der Waals surface area contributed by atoms with Crippen LogP contribution >= 0.6 is 35.6 Å². The lowest BCUT2D eigenvalue weighted by Gasteiger charge is -2.36. The van der Waals surface area contributed by atoms with E-state index in [1.54, 1.807) is 122 Å². The number of rotatable bonds is 32. The standard InChI is InChI=1S/C40H57N3O7.C38H54ClN3O7.C20H26ClN3O4.ClH/c1-11-14-15-17-25-18-16-19-32(25)48-34(44)23-28(39(4,5)6)37(45)43-24-33(27(12-2)35(43)38(46)50-40(7,8)9)49-36-29(13-3)41-30-21-20-26(47-10)22-31(30)42-36;1-10-12-13-15-23-16-14-17-29(23)47-31(43)21-26(37(3,4)5)35(44)42-22-30(25(11-2)32(42)36(45)49-38(6,7)8)48-34-33(39)40-27-19-18-24(46-9)20-28(27)41-34;1-6-12-15(10-22-16(12)19(25)28-20(2,3)4)27-18-17(21)23-13-8-7-11(26-5)9-14(13)24-18;/h11,13,20-22,25,27-28,32-33,35H,1,3,12,14-19,23-24H2,2,4-10H3;10,18-20,23,25-26,29-30,32H,1,11-17,21-22H2,2-9H3;7-9,12,15-16,22H,6,10H2,1-5H3;1H/t25-,27-,28-,32-,33+,35+;23-,25-,26-,29-,30+,32+;12-,15+,16+;/m111./s1. The Morgan fingerprint density at radius 1 is 0.469 bits per heavy atom. The number of ether oxygens (including phenoxy) is 11. The summed E-state index contributed by atoms with van der Waals surface area (Å²) in [4.78, 5) is 127. The van der Waals surface area contributed by atoms with Crippen LogP contribution in [-0.2, 0) is 57.2 Å². The van der Waals surface area contributed by atoms with Gasteiger partial charge in [-0.05, 0) is 224 Å². The number of allylic oxidation sites excluding steroid dienone is 2. The van der Waals surface area contributed by atoms with Crippen LogP contribution in [0.3, 0.4) is 0 Å². The van der Waals surface area contributed by atoms with Gasteiger partial charge in [0.05, 0.1) is 92.2 Å². The molecule has 0 radical (unpaired) electrons. The zero-order valence-corrected chi connectivity index (χ0v) is 81.3. The first-order chi connectivity index (χ1) is 59.9. The van der Waals surface area contributed by atoms with Crippen LogP contribution in [-0.4, -0.2) is 188 Å². The monoisotopic (exact) mass is 1830 g/mol. The fourth-order valence-electron chi connectivity index (χ4n) is 17.7. The molecule has 1 N–H and O–H groups in total. The fraction of sp³-hybridized carbons (Fsp3) is 0.622. The summed E-state index contributed by atoms with van der Waals surface area (Å²) in [5.74, 6) is -2.00. The van der Waals surface area contributed by atoms with E-state index in [4.69, 9.17) is 85.3 Å². The number of halogens is 3. The first kappa shape index (κ1) is 104. The summed E-state index contributed by atoms with van der Waals surface area (Å²) in [6.45, 7) is 46.1. The molecule has 30 heteroatoms. The second-order valence-electron chi connectivity index (χ2n) is 39.0. The van der Waals surface area contributed by atoms with Gasteiger partial charge in [0.15, 0.2) is 10.3 Å². The quantitative estimate of drug-likeness (QED) is 0.0177. The van der Waals surface area contributed by atoms with Gasteiger partial charge in [0.1, 0.15) is 88.4 Å². The van der Waals surface area contributed by atoms with Crippen LogP contribution in [0.2, 0.25) is 10.3 Å². The van der Waals surface area contributed by atoms with Gasteiger partial charge in [-0.2, -0.15) is 0 Å². The Morgan fingerprint density at radius 3 is 1.18 bits per heavy atom. The summed E-state index contributed by atoms with van der Waals surface area (Å²) in [6.07, 6.45) is 16.8. The van der Waals surface area contributed by atoms with Crippen LogP contribution in [0.5, 0.6) is 34.9 Å². The van der Waals surface area contributed by atoms with Crippen molar-refractivity contribution in [2.45, 2.75) is 299 Å². The highest BCUT2D eigenvalue weighted by Crippen LogP contribution is 2.44. The van der Waals surface area contributed by atoms with Crippen molar-refractivity contribution in [1.29, 1.82) is 0 Å². The molecule has 15 atom stereocenters. The molecule has 3 aromatic heterocycles. The lowest BCUT2D eigenvalue weighted by Crippen LogP contribution is -2.50. The van der Waals surface area contributed by atoms with E-state index < -0.39 is 99.5 Å². The van der Waals surface area contributed by atoms with Gasteiger partial charge < -0.3 is 67.2 Å². The maximum absolute atomic E-state index is 14.7. The Hall–Kier alpha value is -9.18. The lowest BCUT2D eigenvalue weighted by atomic mass is 9.77. The van der Waals surface area contributed by atoms with Crippen molar-refractivity contribution in [3.05, 3.63) is 102 Å². The molecule has 3 aromatic carbocycles. The van der Waals surface area contributed by atoms with Gasteiger partial charge in [-0.1, -0.05) is 104 Å². The average Bonchev–Trinajstić information content (AvgIpc) is 1.61. The van der Waals surface area contributed by atoms with E-state index in [9.17, 15) is 33.6 Å². The van der Waals surface area contributed by atoms with Crippen LogP contribution in [0, 0.1) is 52.3 Å². The molecule has 0 bridgehead atoms. The zero-order valence-electron chi connectivity index (χ0n) is 78.9. The van der Waals surface area contributed by atoms with Crippen molar-refractivity contribution in [1.82, 2.24) is 45.0 Å². The highest BCUT2D eigenvalue weighted by Gasteiger charge is 2.55. The van der Waals surface area contributed by atoms with Gasteiger partial charge in [0.25, 0.3) is 11.8 Å². The molecule has 704 valence electrons. The van der Waals surface area contributed by atoms with E-state index in [0.29, 0.717) is 87.3 Å². The molecule has 27 nitrogen and oxygen atoms in total. The summed E-state index contributed by atoms with van der Waals surface area (Å²) in [5.41, 5.74) is 0.725. The van der Waals surface area contributed by atoms with E-state index in [1.165, 1.54) is 4.90 Å². The summed E-state index contributed by atoms with van der Waals surface area (Å²) >= 11 is 12.8. The smallest absolute Gasteiger partial charge is 0.329 e. The molecule has 5 fully saturated rings. The molecular weight excluding hydrogens is 1700 g/mol. The van der Waals surface area contributed by atoms with Crippen LogP contribution in [0.4, 0.5) is 0 Å². The minimum Gasteiger partial charge on any atom is -0.497 e. The molecule has 0 unspecified atom stereocenters. The lowest BCUT2D eigenvalue weighted by molar-refractivity contribution is -0.168. The third-order valence-electron chi connectivity index (χ3n) is 24.2. The van der Waals surface area contributed by atoms with Crippen molar-refractivity contribution >= 4 is 116 Å². The van der Waals surface area contributed by atoms with E-state index in [2.05, 4.69) is 45.0 Å². The maximum atomic E-state index is 14.7. The SMILES string of the molecule is C=CCCC[C@@H]1CCC[C@H]1OC(=O)C[C@H](C(=O)N1C[C@H](Oc2nc3cc(OC)ccc3nc2C=C)[C@@H](CC)[C@H]1C(=O)OC(C)(C)C)C(C)(C)C.C=CCCC[C@@H]1CCC[C@H]1OC(=O)C[C@H](C(=O)N1C[C@H](Oc2nc3cc(OC)ccc3nc2Cl)[C@@H](CC)[C@H]1C(=O)OC(C)(C)C)C(C)(C)C.CC[C@@H]1[C@@H](Oc2nc3cc(OC)ccc3nc2Cl)CN[C@@H]1C(=O)OC(C)(C)C.Cl. The number of aromatic nitrogens is 6. The third kappa shape index (κ3) is 27.7. The van der Waals surface area contributed by atoms with Gasteiger partial charge in [0.2, 0.25) is 17.7 Å². The van der Waals surface area contributed by atoms with Crippen molar-refractivity contribution in [3.8, 4) is 34.9 Å². The predicted octanol–water partition coefficient (Wildman–Crippen LogP) is 19.3. The van der Waals surface area contributed by atoms with Crippen LogP contribution in [0.25, 0.3) is 39.2 Å².